The first-order chi connectivity index (χ1) is 6.18. The van der Waals surface area contributed by atoms with Crippen molar-refractivity contribution in [3.63, 3.8) is 0 Å². The Labute approximate surface area is 77.2 Å². The molecule has 1 aliphatic rings. The van der Waals surface area contributed by atoms with E-state index in [0.717, 1.165) is 18.4 Å². The van der Waals surface area contributed by atoms with E-state index in [2.05, 4.69) is 0 Å². The van der Waals surface area contributed by atoms with Crippen LogP contribution in [0.25, 0.3) is 0 Å². The van der Waals surface area contributed by atoms with Gasteiger partial charge in [0, 0.05) is 5.41 Å². The fourth-order valence-corrected chi connectivity index (χ4v) is 1.71. The second-order valence-electron chi connectivity index (χ2n) is 3.92. The highest BCUT2D eigenvalue weighted by molar-refractivity contribution is 5.34. The fraction of sp³-hybridized carbons (Fsp3) is 0.455. The van der Waals surface area contributed by atoms with Gasteiger partial charge in [-0.1, -0.05) is 12.1 Å². The van der Waals surface area contributed by atoms with Crippen LogP contribution in [-0.2, 0) is 5.41 Å². The molecule has 1 saturated carbocycles. The Morgan fingerprint density at radius 3 is 2.62 bits per heavy atom. The molecular weight excluding hydrogens is 167 g/mol. The highest BCUT2D eigenvalue weighted by Crippen LogP contribution is 2.48. The van der Waals surface area contributed by atoms with Gasteiger partial charge in [-0.15, -0.1) is 0 Å². The second-order valence-corrected chi connectivity index (χ2v) is 3.92. The number of aliphatic hydroxyl groups excluding tert-OH is 1. The quantitative estimate of drug-likeness (QED) is 0.739. The average molecular weight is 180 g/mol. The number of rotatable bonds is 2. The summed E-state index contributed by atoms with van der Waals surface area (Å²) in [5, 5.41) is 9.14. The van der Waals surface area contributed by atoms with Gasteiger partial charge in [0.25, 0.3) is 0 Å². The lowest BCUT2D eigenvalue weighted by Gasteiger charge is -2.13. The summed E-state index contributed by atoms with van der Waals surface area (Å²) in [7, 11) is 0. The summed E-state index contributed by atoms with van der Waals surface area (Å²) >= 11 is 0. The van der Waals surface area contributed by atoms with Crippen molar-refractivity contribution in [1.82, 2.24) is 0 Å². The first-order valence-electron chi connectivity index (χ1n) is 4.55. The number of benzene rings is 1. The Kier molecular flexibility index (Phi) is 1.88. The zero-order chi connectivity index (χ0) is 9.47. The van der Waals surface area contributed by atoms with E-state index in [1.807, 2.05) is 13.0 Å². The highest BCUT2D eigenvalue weighted by atomic mass is 19.1. The molecule has 0 unspecified atom stereocenters. The number of halogens is 1. The molecule has 2 rings (SSSR count). The van der Waals surface area contributed by atoms with E-state index < -0.39 is 0 Å². The first-order valence-corrected chi connectivity index (χ1v) is 4.55. The lowest BCUT2D eigenvalue weighted by molar-refractivity contribution is 0.252. The van der Waals surface area contributed by atoms with Crippen molar-refractivity contribution in [2.24, 2.45) is 0 Å². The van der Waals surface area contributed by atoms with Gasteiger partial charge in [0.1, 0.15) is 5.82 Å². The van der Waals surface area contributed by atoms with Crippen LogP contribution in [0.4, 0.5) is 4.39 Å². The molecule has 0 atom stereocenters. The van der Waals surface area contributed by atoms with Crippen LogP contribution < -0.4 is 0 Å². The Morgan fingerprint density at radius 1 is 1.46 bits per heavy atom. The summed E-state index contributed by atoms with van der Waals surface area (Å²) in [6.45, 7) is 1.93. The molecule has 13 heavy (non-hydrogen) atoms. The highest BCUT2D eigenvalue weighted by Gasteiger charge is 2.45. The van der Waals surface area contributed by atoms with Crippen molar-refractivity contribution in [3.05, 3.63) is 35.1 Å². The van der Waals surface area contributed by atoms with Crippen LogP contribution in [0.1, 0.15) is 24.0 Å². The van der Waals surface area contributed by atoms with Gasteiger partial charge in [0.15, 0.2) is 0 Å². The average Bonchev–Trinajstić information content (AvgIpc) is 2.85. The van der Waals surface area contributed by atoms with Crippen molar-refractivity contribution in [3.8, 4) is 0 Å². The molecule has 0 spiro atoms. The van der Waals surface area contributed by atoms with Crippen molar-refractivity contribution in [1.29, 1.82) is 0 Å². The van der Waals surface area contributed by atoms with Gasteiger partial charge in [-0.05, 0) is 37.0 Å². The molecule has 1 aliphatic carbocycles. The molecule has 2 heteroatoms. The summed E-state index contributed by atoms with van der Waals surface area (Å²) < 4.78 is 13.5. The third-order valence-corrected chi connectivity index (χ3v) is 2.85. The molecule has 0 aliphatic heterocycles. The Morgan fingerprint density at radius 2 is 2.15 bits per heavy atom. The minimum atomic E-state index is -0.252. The predicted octanol–water partition coefficient (Wildman–Crippen LogP) is 2.16. The van der Waals surface area contributed by atoms with Crippen LogP contribution in [-0.4, -0.2) is 11.7 Å². The van der Waals surface area contributed by atoms with E-state index in [1.54, 1.807) is 6.07 Å². The maximum Gasteiger partial charge on any atom is 0.127 e. The summed E-state index contributed by atoms with van der Waals surface area (Å²) in [5.74, 6) is -0.174. The molecule has 70 valence electrons. The van der Waals surface area contributed by atoms with Gasteiger partial charge in [-0.3, -0.25) is 0 Å². The Balaban J connectivity index is 2.41. The Bertz CT molecular complexity index is 329. The van der Waals surface area contributed by atoms with Crippen LogP contribution in [0, 0.1) is 12.7 Å². The third kappa shape index (κ3) is 1.35. The SMILES string of the molecule is Cc1ccc(C2(CO)CC2)c(F)c1. The molecule has 1 nitrogen and oxygen atoms in total. The smallest absolute Gasteiger partial charge is 0.127 e. The summed E-state index contributed by atoms with van der Waals surface area (Å²) in [6, 6.07) is 5.23. The molecule has 0 bridgehead atoms. The first kappa shape index (κ1) is 8.70. The van der Waals surface area contributed by atoms with Gasteiger partial charge >= 0.3 is 0 Å². The summed E-state index contributed by atoms with van der Waals surface area (Å²) in [6.07, 6.45) is 1.81. The van der Waals surface area contributed by atoms with E-state index in [4.69, 9.17) is 5.11 Å². The molecule has 0 radical (unpaired) electrons. The Hall–Kier alpha value is -0.890. The van der Waals surface area contributed by atoms with Gasteiger partial charge < -0.3 is 5.11 Å². The van der Waals surface area contributed by atoms with E-state index in [1.165, 1.54) is 6.07 Å². The maximum absolute atomic E-state index is 13.5. The number of hydrogen-bond acceptors (Lipinski definition) is 1. The number of aryl methyl sites for hydroxylation is 1. The van der Waals surface area contributed by atoms with Gasteiger partial charge in [-0.2, -0.15) is 0 Å². The maximum atomic E-state index is 13.5. The molecule has 1 aromatic carbocycles. The van der Waals surface area contributed by atoms with Crippen molar-refractivity contribution in [2.75, 3.05) is 6.61 Å². The zero-order valence-corrected chi connectivity index (χ0v) is 7.68. The monoisotopic (exact) mass is 180 g/mol. The normalized spacial score (nSPS) is 18.7. The van der Waals surface area contributed by atoms with Gasteiger partial charge in [0.05, 0.1) is 6.61 Å². The summed E-state index contributed by atoms with van der Waals surface area (Å²) in [4.78, 5) is 0. The van der Waals surface area contributed by atoms with Gasteiger partial charge in [0.2, 0.25) is 0 Å². The van der Waals surface area contributed by atoms with Crippen LogP contribution in [0.5, 0.6) is 0 Å². The molecule has 1 aromatic rings. The molecular formula is C11H13FO. The molecule has 1 N–H and O–H groups in total. The van der Waals surface area contributed by atoms with Crippen LogP contribution in [0.3, 0.4) is 0 Å². The summed E-state index contributed by atoms with van der Waals surface area (Å²) in [5.41, 5.74) is 1.35. The van der Waals surface area contributed by atoms with Gasteiger partial charge in [-0.25, -0.2) is 4.39 Å². The van der Waals surface area contributed by atoms with E-state index in [0.29, 0.717) is 5.56 Å². The third-order valence-electron chi connectivity index (χ3n) is 2.85. The topological polar surface area (TPSA) is 20.2 Å². The fourth-order valence-electron chi connectivity index (χ4n) is 1.71. The standard InChI is InChI=1S/C11H13FO/c1-8-2-3-9(10(12)6-8)11(7-13)4-5-11/h2-3,6,13H,4-5,7H2,1H3. The van der Waals surface area contributed by atoms with Crippen LogP contribution >= 0.6 is 0 Å². The lowest BCUT2D eigenvalue weighted by Crippen LogP contribution is -2.13. The molecule has 0 heterocycles. The lowest BCUT2D eigenvalue weighted by atomic mass is 9.95. The molecule has 0 amide bonds. The van der Waals surface area contributed by atoms with E-state index in [-0.39, 0.29) is 17.8 Å². The predicted molar refractivity (Wildman–Crippen MR) is 49.1 cm³/mol. The number of hydrogen-bond donors (Lipinski definition) is 1. The largest absolute Gasteiger partial charge is 0.395 e. The van der Waals surface area contributed by atoms with Crippen molar-refractivity contribution >= 4 is 0 Å². The minimum absolute atomic E-state index is 0.0625. The zero-order valence-electron chi connectivity index (χ0n) is 7.68. The van der Waals surface area contributed by atoms with Crippen molar-refractivity contribution < 1.29 is 9.50 Å². The van der Waals surface area contributed by atoms with Crippen LogP contribution in [0.2, 0.25) is 0 Å². The van der Waals surface area contributed by atoms with E-state index in [9.17, 15) is 4.39 Å². The number of aliphatic hydroxyl groups is 1. The molecule has 0 saturated heterocycles. The second kappa shape index (κ2) is 2.81. The van der Waals surface area contributed by atoms with Crippen molar-refractivity contribution in [2.45, 2.75) is 25.2 Å². The molecule has 0 aromatic heterocycles. The minimum Gasteiger partial charge on any atom is -0.395 e. The van der Waals surface area contributed by atoms with E-state index >= 15 is 0 Å². The molecule has 1 fully saturated rings. The van der Waals surface area contributed by atoms with Crippen LogP contribution in [0.15, 0.2) is 18.2 Å².